The van der Waals surface area contributed by atoms with Gasteiger partial charge >= 0.3 is 0 Å². The highest BCUT2D eigenvalue weighted by Crippen LogP contribution is 2.14. The van der Waals surface area contributed by atoms with Gasteiger partial charge in [-0.25, -0.2) is 0 Å². The molecule has 0 radical (unpaired) electrons. The van der Waals surface area contributed by atoms with E-state index in [1.165, 1.54) is 0 Å². The number of nitrogens with zero attached hydrogens (tertiary/aromatic N) is 1. The molecule has 1 aliphatic rings. The van der Waals surface area contributed by atoms with Crippen molar-refractivity contribution in [2.75, 3.05) is 33.0 Å². The molecule has 0 amide bonds. The van der Waals surface area contributed by atoms with E-state index in [1.54, 1.807) is 0 Å². The van der Waals surface area contributed by atoms with Crippen LogP contribution in [0.3, 0.4) is 0 Å². The summed E-state index contributed by atoms with van der Waals surface area (Å²) in [4.78, 5) is 2.18. The van der Waals surface area contributed by atoms with Gasteiger partial charge in [0.2, 0.25) is 0 Å². The molecule has 1 saturated heterocycles. The highest BCUT2D eigenvalue weighted by molar-refractivity contribution is 7.85. The Kier molecular flexibility index (Phi) is 3.09. The number of hydrogen-bond donors (Lipinski definition) is 0. The van der Waals surface area contributed by atoms with Crippen LogP contribution in [0.15, 0.2) is 0 Å². The van der Waals surface area contributed by atoms with Crippen LogP contribution in [0.2, 0.25) is 0 Å². The Balaban J connectivity index is 2.25. The largest absolute Gasteiger partial charge is 0.306 e. The van der Waals surface area contributed by atoms with Crippen LogP contribution in [0.25, 0.3) is 0 Å². The third-order valence-electron chi connectivity index (χ3n) is 2.01. The summed E-state index contributed by atoms with van der Waals surface area (Å²) in [6, 6.07) is 0. The summed E-state index contributed by atoms with van der Waals surface area (Å²) >= 11 is 0. The Morgan fingerprint density at radius 3 is 2.67 bits per heavy atom. The molecule has 1 heterocycles. The fourth-order valence-electron chi connectivity index (χ4n) is 1.38. The first kappa shape index (κ1) is 9.95. The summed E-state index contributed by atoms with van der Waals surface area (Å²) in [7, 11) is -1.22. The second-order valence-electron chi connectivity index (χ2n) is 3.41. The quantitative estimate of drug-likeness (QED) is 0.588. The van der Waals surface area contributed by atoms with Crippen molar-refractivity contribution in [3.8, 4) is 0 Å². The summed E-state index contributed by atoms with van der Waals surface area (Å²) < 4.78 is 26.0. The van der Waals surface area contributed by atoms with Crippen LogP contribution < -0.4 is 0 Å². The van der Waals surface area contributed by atoms with E-state index in [4.69, 9.17) is 4.18 Å². The first-order valence-corrected chi connectivity index (χ1v) is 5.82. The monoisotopic (exact) mass is 193 g/mol. The van der Waals surface area contributed by atoms with Gasteiger partial charge in [-0.1, -0.05) is 0 Å². The highest BCUT2D eigenvalue weighted by Gasteiger charge is 2.20. The Morgan fingerprint density at radius 2 is 2.25 bits per heavy atom. The van der Waals surface area contributed by atoms with E-state index in [1.807, 2.05) is 7.05 Å². The van der Waals surface area contributed by atoms with Crippen LogP contribution in [-0.2, 0) is 14.3 Å². The third-order valence-corrected chi connectivity index (χ3v) is 2.57. The average molecular weight is 193 g/mol. The maximum absolute atomic E-state index is 10.6. The van der Waals surface area contributed by atoms with Gasteiger partial charge in [-0.05, 0) is 25.9 Å². The second-order valence-corrected chi connectivity index (χ2v) is 5.05. The molecular formula is C7H15NO3S. The second kappa shape index (κ2) is 3.72. The van der Waals surface area contributed by atoms with E-state index in [9.17, 15) is 8.42 Å². The molecule has 72 valence electrons. The number of rotatable bonds is 3. The third kappa shape index (κ3) is 3.51. The van der Waals surface area contributed by atoms with Crippen molar-refractivity contribution < 1.29 is 12.6 Å². The van der Waals surface area contributed by atoms with Crippen LogP contribution in [0.5, 0.6) is 0 Å². The molecule has 4 nitrogen and oxygen atoms in total. The van der Waals surface area contributed by atoms with Gasteiger partial charge in [0, 0.05) is 6.54 Å². The first-order chi connectivity index (χ1) is 5.47. The lowest BCUT2D eigenvalue weighted by Gasteiger charge is -2.09. The predicted molar refractivity (Wildman–Crippen MR) is 46.4 cm³/mol. The molecular weight excluding hydrogens is 178 g/mol. The molecule has 0 bridgehead atoms. The minimum Gasteiger partial charge on any atom is -0.306 e. The van der Waals surface area contributed by atoms with Crippen LogP contribution in [0.1, 0.15) is 6.42 Å². The van der Waals surface area contributed by atoms with E-state index in [0.29, 0.717) is 12.5 Å². The number of hydrogen-bond acceptors (Lipinski definition) is 4. The van der Waals surface area contributed by atoms with Crippen LogP contribution >= 0.6 is 0 Å². The van der Waals surface area contributed by atoms with Gasteiger partial charge in [-0.3, -0.25) is 4.18 Å². The molecule has 1 atom stereocenters. The summed E-state index contributed by atoms with van der Waals surface area (Å²) in [6.45, 7) is 2.32. The topological polar surface area (TPSA) is 46.6 Å². The van der Waals surface area contributed by atoms with E-state index < -0.39 is 10.1 Å². The molecule has 0 spiro atoms. The zero-order valence-corrected chi connectivity index (χ0v) is 8.30. The fourth-order valence-corrected chi connectivity index (χ4v) is 1.82. The van der Waals surface area contributed by atoms with Crippen molar-refractivity contribution >= 4 is 10.1 Å². The minimum absolute atomic E-state index is 0.336. The molecule has 1 aliphatic heterocycles. The molecule has 0 aromatic heterocycles. The van der Waals surface area contributed by atoms with Gasteiger partial charge in [0.1, 0.15) is 0 Å². The van der Waals surface area contributed by atoms with Crippen molar-refractivity contribution in [2.45, 2.75) is 6.42 Å². The zero-order valence-electron chi connectivity index (χ0n) is 7.49. The summed E-state index contributed by atoms with van der Waals surface area (Å²) in [6.07, 6.45) is 2.12. The zero-order chi connectivity index (χ0) is 9.19. The fraction of sp³-hybridized carbons (Fsp3) is 1.00. The predicted octanol–water partition coefficient (Wildman–Crippen LogP) is -0.0857. The Hall–Kier alpha value is -0.130. The van der Waals surface area contributed by atoms with Gasteiger partial charge in [0.05, 0.1) is 12.9 Å². The van der Waals surface area contributed by atoms with E-state index in [-0.39, 0.29) is 0 Å². The van der Waals surface area contributed by atoms with E-state index >= 15 is 0 Å². The summed E-state index contributed by atoms with van der Waals surface area (Å²) in [5.41, 5.74) is 0. The van der Waals surface area contributed by atoms with Crippen molar-refractivity contribution in [3.63, 3.8) is 0 Å². The van der Waals surface area contributed by atoms with Gasteiger partial charge in [0.15, 0.2) is 0 Å². The normalized spacial score (nSPS) is 26.3. The number of likely N-dealkylation sites (tertiary alicyclic amines) is 1. The Morgan fingerprint density at radius 1 is 1.58 bits per heavy atom. The first-order valence-electron chi connectivity index (χ1n) is 4.00. The molecule has 0 aliphatic carbocycles. The lowest BCUT2D eigenvalue weighted by atomic mass is 10.1. The lowest BCUT2D eigenvalue weighted by molar-refractivity contribution is 0.256. The average Bonchev–Trinajstić information content (AvgIpc) is 2.30. The van der Waals surface area contributed by atoms with E-state index in [0.717, 1.165) is 25.8 Å². The molecule has 0 aromatic rings. The molecule has 0 N–H and O–H groups in total. The standard InChI is InChI=1S/C7H15NO3S/c1-8-4-3-7(5-8)6-11-12(2,9)10/h7H,3-6H2,1-2H3/t7-/m1/s1. The lowest BCUT2D eigenvalue weighted by Crippen LogP contribution is -2.18. The molecule has 12 heavy (non-hydrogen) atoms. The van der Waals surface area contributed by atoms with Crippen molar-refractivity contribution in [3.05, 3.63) is 0 Å². The summed E-state index contributed by atoms with van der Waals surface area (Å²) in [5.74, 6) is 0.379. The summed E-state index contributed by atoms with van der Waals surface area (Å²) in [5, 5.41) is 0. The minimum atomic E-state index is -3.25. The van der Waals surface area contributed by atoms with Gasteiger partial charge < -0.3 is 4.90 Å². The van der Waals surface area contributed by atoms with Gasteiger partial charge in [0.25, 0.3) is 10.1 Å². The van der Waals surface area contributed by atoms with Crippen LogP contribution in [-0.4, -0.2) is 46.3 Å². The maximum Gasteiger partial charge on any atom is 0.264 e. The Labute approximate surface area is 73.6 Å². The van der Waals surface area contributed by atoms with E-state index in [2.05, 4.69) is 4.90 Å². The maximum atomic E-state index is 10.6. The van der Waals surface area contributed by atoms with Gasteiger partial charge in [-0.15, -0.1) is 0 Å². The van der Waals surface area contributed by atoms with Crippen molar-refractivity contribution in [1.29, 1.82) is 0 Å². The molecule has 1 fully saturated rings. The smallest absolute Gasteiger partial charge is 0.264 e. The van der Waals surface area contributed by atoms with Crippen molar-refractivity contribution in [2.24, 2.45) is 5.92 Å². The van der Waals surface area contributed by atoms with Gasteiger partial charge in [-0.2, -0.15) is 8.42 Å². The molecule has 0 saturated carbocycles. The molecule has 1 rings (SSSR count). The SMILES string of the molecule is CN1CC[C@@H](COS(C)(=O)=O)C1. The molecule has 0 aromatic carbocycles. The highest BCUT2D eigenvalue weighted by atomic mass is 32.2. The van der Waals surface area contributed by atoms with Crippen LogP contribution in [0.4, 0.5) is 0 Å². The van der Waals surface area contributed by atoms with Crippen LogP contribution in [0, 0.1) is 5.92 Å². The molecule has 5 heteroatoms. The molecule has 0 unspecified atom stereocenters. The van der Waals surface area contributed by atoms with Crippen molar-refractivity contribution in [1.82, 2.24) is 4.90 Å². The Bertz CT molecular complexity index is 237.